The second kappa shape index (κ2) is 6.00. The van der Waals surface area contributed by atoms with Crippen molar-refractivity contribution in [2.45, 2.75) is 6.10 Å². The Labute approximate surface area is 142 Å². The van der Waals surface area contributed by atoms with E-state index >= 15 is 0 Å². The van der Waals surface area contributed by atoms with Gasteiger partial charge in [-0.15, -0.1) is 11.3 Å². The highest BCUT2D eigenvalue weighted by molar-refractivity contribution is 14.1. The van der Waals surface area contributed by atoms with Gasteiger partial charge in [-0.1, -0.05) is 15.9 Å². The molecule has 0 fully saturated rings. The third-order valence-electron chi connectivity index (χ3n) is 2.23. The molecule has 0 aliphatic rings. The molecular weight excluding hydrogens is 547 g/mol. The lowest BCUT2D eigenvalue weighted by atomic mass is 10.0. The van der Waals surface area contributed by atoms with E-state index in [-0.39, 0.29) is 0 Å². The van der Waals surface area contributed by atoms with Gasteiger partial charge in [0, 0.05) is 19.2 Å². The minimum Gasteiger partial charge on any atom is -0.384 e. The summed E-state index contributed by atoms with van der Waals surface area (Å²) in [4.78, 5) is 0. The van der Waals surface area contributed by atoms with Gasteiger partial charge in [0.05, 0.1) is 7.57 Å². The molecular formula is C11H6Br3IOS. The van der Waals surface area contributed by atoms with Crippen molar-refractivity contribution in [2.75, 3.05) is 0 Å². The van der Waals surface area contributed by atoms with Gasteiger partial charge < -0.3 is 5.11 Å². The highest BCUT2D eigenvalue weighted by Gasteiger charge is 2.18. The van der Waals surface area contributed by atoms with Crippen LogP contribution in [0.5, 0.6) is 0 Å². The molecule has 17 heavy (non-hydrogen) atoms. The Morgan fingerprint density at radius 1 is 1.12 bits per heavy atom. The van der Waals surface area contributed by atoms with Gasteiger partial charge in [-0.05, 0) is 78.7 Å². The predicted octanol–water partition coefficient (Wildman–Crippen LogP) is 5.72. The average Bonchev–Trinajstić information content (AvgIpc) is 2.60. The van der Waals surface area contributed by atoms with E-state index in [1.807, 2.05) is 24.3 Å². The molecule has 0 radical (unpaired) electrons. The molecule has 0 bridgehead atoms. The van der Waals surface area contributed by atoms with Crippen LogP contribution in [-0.4, -0.2) is 5.11 Å². The zero-order valence-corrected chi connectivity index (χ0v) is 16.0. The largest absolute Gasteiger partial charge is 0.384 e. The van der Waals surface area contributed by atoms with E-state index in [0.717, 1.165) is 26.7 Å². The maximum absolute atomic E-state index is 10.4. The minimum absolute atomic E-state index is 0.629. The third-order valence-corrected chi connectivity index (χ3v) is 6.01. The number of hydrogen-bond donors (Lipinski definition) is 1. The predicted molar refractivity (Wildman–Crippen MR) is 90.6 cm³/mol. The molecule has 2 rings (SSSR count). The molecule has 0 amide bonds. The highest BCUT2D eigenvalue weighted by Crippen LogP contribution is 2.39. The summed E-state index contributed by atoms with van der Waals surface area (Å²) in [5.74, 6) is 0. The van der Waals surface area contributed by atoms with Crippen LogP contribution in [0.4, 0.5) is 0 Å². The van der Waals surface area contributed by atoms with Crippen molar-refractivity contribution in [3.05, 3.63) is 51.0 Å². The van der Waals surface area contributed by atoms with Crippen LogP contribution in [0, 0.1) is 3.57 Å². The Bertz CT molecular complexity index is 556. The van der Waals surface area contributed by atoms with E-state index in [1.165, 1.54) is 0 Å². The summed E-state index contributed by atoms with van der Waals surface area (Å²) in [5.41, 5.74) is 1.76. The van der Waals surface area contributed by atoms with Crippen LogP contribution in [-0.2, 0) is 0 Å². The maximum Gasteiger partial charge on any atom is 0.107 e. The third kappa shape index (κ3) is 3.33. The monoisotopic (exact) mass is 550 g/mol. The first-order valence-electron chi connectivity index (χ1n) is 4.57. The minimum atomic E-state index is -0.629. The lowest BCUT2D eigenvalue weighted by Crippen LogP contribution is -2.00. The molecule has 1 unspecified atom stereocenters. The summed E-state index contributed by atoms with van der Waals surface area (Å²) in [6.07, 6.45) is -0.629. The van der Waals surface area contributed by atoms with E-state index < -0.39 is 6.10 Å². The van der Waals surface area contributed by atoms with E-state index in [0.29, 0.717) is 0 Å². The van der Waals surface area contributed by atoms with Crippen LogP contribution in [0.25, 0.3) is 0 Å². The Kier molecular flexibility index (Phi) is 5.11. The molecule has 0 aliphatic heterocycles. The van der Waals surface area contributed by atoms with Gasteiger partial charge in [-0.3, -0.25) is 0 Å². The topological polar surface area (TPSA) is 20.2 Å². The molecule has 0 aliphatic carbocycles. The molecule has 1 N–H and O–H groups in total. The fraction of sp³-hybridized carbons (Fsp3) is 0.0909. The second-order valence-electron chi connectivity index (χ2n) is 3.35. The first-order chi connectivity index (χ1) is 7.99. The van der Waals surface area contributed by atoms with Gasteiger partial charge in [0.1, 0.15) is 6.10 Å². The fourth-order valence-electron chi connectivity index (χ4n) is 1.43. The van der Waals surface area contributed by atoms with Gasteiger partial charge in [-0.2, -0.15) is 0 Å². The SMILES string of the molecule is OC(c1cc(I)ccc1Br)c1cc(Br)sc1Br. The summed E-state index contributed by atoms with van der Waals surface area (Å²) in [5, 5.41) is 10.4. The molecule has 0 saturated heterocycles. The molecule has 1 nitrogen and oxygen atoms in total. The first-order valence-corrected chi connectivity index (χ1v) is 8.84. The van der Waals surface area contributed by atoms with Crippen molar-refractivity contribution in [1.29, 1.82) is 0 Å². The number of rotatable bonds is 2. The fourth-order valence-corrected chi connectivity index (χ4v) is 5.29. The molecule has 1 aromatic carbocycles. The van der Waals surface area contributed by atoms with Crippen LogP contribution in [0.3, 0.4) is 0 Å². The maximum atomic E-state index is 10.4. The van der Waals surface area contributed by atoms with Gasteiger partial charge >= 0.3 is 0 Å². The number of hydrogen-bond acceptors (Lipinski definition) is 2. The molecule has 0 saturated carbocycles. The normalized spacial score (nSPS) is 12.8. The van der Waals surface area contributed by atoms with Crippen LogP contribution in [0.2, 0.25) is 0 Å². The van der Waals surface area contributed by atoms with E-state index in [4.69, 9.17) is 0 Å². The Hall–Kier alpha value is 1.05. The molecule has 0 spiro atoms. The van der Waals surface area contributed by atoms with Crippen molar-refractivity contribution in [1.82, 2.24) is 0 Å². The number of aliphatic hydroxyl groups excluding tert-OH is 1. The number of aliphatic hydroxyl groups is 1. The summed E-state index contributed by atoms with van der Waals surface area (Å²) in [6, 6.07) is 7.87. The van der Waals surface area contributed by atoms with E-state index in [1.54, 1.807) is 11.3 Å². The Morgan fingerprint density at radius 3 is 2.41 bits per heavy atom. The smallest absolute Gasteiger partial charge is 0.107 e. The number of benzene rings is 1. The molecule has 90 valence electrons. The average molecular weight is 553 g/mol. The van der Waals surface area contributed by atoms with Gasteiger partial charge in [0.2, 0.25) is 0 Å². The second-order valence-corrected chi connectivity index (χ2v) is 9.20. The van der Waals surface area contributed by atoms with Crippen LogP contribution in [0.1, 0.15) is 17.2 Å². The summed E-state index contributed by atoms with van der Waals surface area (Å²) >= 11 is 14.2. The molecule has 1 atom stereocenters. The summed E-state index contributed by atoms with van der Waals surface area (Å²) in [6.45, 7) is 0. The quantitative estimate of drug-likeness (QED) is 0.473. The van der Waals surface area contributed by atoms with Gasteiger partial charge in [-0.25, -0.2) is 0 Å². The summed E-state index contributed by atoms with van der Waals surface area (Å²) < 4.78 is 3.97. The lowest BCUT2D eigenvalue weighted by Gasteiger charge is -2.12. The molecule has 1 heterocycles. The van der Waals surface area contributed by atoms with Crippen molar-refractivity contribution in [3.8, 4) is 0 Å². The Morgan fingerprint density at radius 2 is 1.82 bits per heavy atom. The van der Waals surface area contributed by atoms with Crippen LogP contribution < -0.4 is 0 Å². The van der Waals surface area contributed by atoms with Gasteiger partial charge in [0.15, 0.2) is 0 Å². The van der Waals surface area contributed by atoms with Crippen molar-refractivity contribution in [3.63, 3.8) is 0 Å². The van der Waals surface area contributed by atoms with Crippen molar-refractivity contribution < 1.29 is 5.11 Å². The highest BCUT2D eigenvalue weighted by atomic mass is 127. The lowest BCUT2D eigenvalue weighted by molar-refractivity contribution is 0.219. The zero-order valence-electron chi connectivity index (χ0n) is 8.25. The summed E-state index contributed by atoms with van der Waals surface area (Å²) in [7, 11) is 0. The zero-order chi connectivity index (χ0) is 12.6. The van der Waals surface area contributed by atoms with Crippen LogP contribution in [0.15, 0.2) is 36.3 Å². The molecule has 2 aromatic rings. The first kappa shape index (κ1) is 14.5. The van der Waals surface area contributed by atoms with Crippen LogP contribution >= 0.6 is 81.7 Å². The molecule has 1 aromatic heterocycles. The van der Waals surface area contributed by atoms with Gasteiger partial charge in [0.25, 0.3) is 0 Å². The van der Waals surface area contributed by atoms with E-state index in [2.05, 4.69) is 70.4 Å². The Balaban J connectivity index is 2.46. The number of thiophene rings is 1. The van der Waals surface area contributed by atoms with Crippen molar-refractivity contribution in [2.24, 2.45) is 0 Å². The standard InChI is InChI=1S/C11H6Br3IOS/c12-8-2-1-5(15)3-6(8)10(16)7-4-9(13)17-11(7)14/h1-4,10,16H. The number of halogens is 4. The molecule has 6 heteroatoms. The van der Waals surface area contributed by atoms with E-state index in [9.17, 15) is 5.11 Å². The van der Waals surface area contributed by atoms with Crippen molar-refractivity contribution >= 4 is 81.7 Å².